The minimum Gasteiger partial charge on any atom is -0.466 e. The summed E-state index contributed by atoms with van der Waals surface area (Å²) in [6, 6.07) is 2.62. The number of esters is 1. The van der Waals surface area contributed by atoms with Gasteiger partial charge in [-0.1, -0.05) is 0 Å². The minimum atomic E-state index is -0.385. The van der Waals surface area contributed by atoms with Crippen LogP contribution in [0.2, 0.25) is 0 Å². The average molecular weight is 336 g/mol. The van der Waals surface area contributed by atoms with Crippen molar-refractivity contribution in [2.75, 3.05) is 32.8 Å². The van der Waals surface area contributed by atoms with Crippen molar-refractivity contribution in [1.82, 2.24) is 20.0 Å². The van der Waals surface area contributed by atoms with Gasteiger partial charge in [-0.2, -0.15) is 5.10 Å². The van der Waals surface area contributed by atoms with Crippen LogP contribution in [0.25, 0.3) is 0 Å². The lowest BCUT2D eigenvalue weighted by Crippen LogP contribution is -2.50. The maximum Gasteiger partial charge on any atom is 0.306 e. The summed E-state index contributed by atoms with van der Waals surface area (Å²) in [5.74, 6) is -0.800. The number of aromatic nitrogens is 2. The molecule has 130 valence electrons. The van der Waals surface area contributed by atoms with Crippen LogP contribution in [-0.4, -0.2) is 70.6 Å². The van der Waals surface area contributed by atoms with Crippen molar-refractivity contribution in [2.24, 2.45) is 0 Å². The van der Waals surface area contributed by atoms with Gasteiger partial charge in [0.1, 0.15) is 5.69 Å². The molecule has 1 saturated heterocycles. The van der Waals surface area contributed by atoms with Gasteiger partial charge in [-0.05, 0) is 13.0 Å². The summed E-state index contributed by atoms with van der Waals surface area (Å²) in [5.41, 5.74) is -0.208. The van der Waals surface area contributed by atoms with Gasteiger partial charge in [-0.25, -0.2) is 5.10 Å². The van der Waals surface area contributed by atoms with E-state index in [2.05, 4.69) is 10.2 Å². The van der Waals surface area contributed by atoms with Crippen LogP contribution in [0.5, 0.6) is 0 Å². The van der Waals surface area contributed by atoms with Crippen LogP contribution in [0.4, 0.5) is 0 Å². The molecular weight excluding hydrogens is 316 g/mol. The fraction of sp³-hybridized carbons (Fsp3) is 0.533. The zero-order valence-electron chi connectivity index (χ0n) is 13.5. The summed E-state index contributed by atoms with van der Waals surface area (Å²) in [6.07, 6.45) is 0.168. The number of H-pyrrole nitrogens is 1. The second-order valence-electron chi connectivity index (χ2n) is 5.28. The number of nitrogens with one attached hydrogen (secondary N) is 1. The molecule has 0 unspecified atom stereocenters. The van der Waals surface area contributed by atoms with Crippen molar-refractivity contribution in [3.8, 4) is 0 Å². The van der Waals surface area contributed by atoms with E-state index in [0.29, 0.717) is 32.8 Å². The predicted octanol–water partition coefficient (Wildman–Crippen LogP) is -0.602. The third-order valence-corrected chi connectivity index (χ3v) is 3.67. The quantitative estimate of drug-likeness (QED) is 0.718. The lowest BCUT2D eigenvalue weighted by Gasteiger charge is -2.34. The zero-order chi connectivity index (χ0) is 17.5. The smallest absolute Gasteiger partial charge is 0.306 e. The van der Waals surface area contributed by atoms with E-state index in [1.165, 1.54) is 12.1 Å². The van der Waals surface area contributed by atoms with Crippen molar-refractivity contribution in [2.45, 2.75) is 19.8 Å². The van der Waals surface area contributed by atoms with E-state index in [9.17, 15) is 19.2 Å². The van der Waals surface area contributed by atoms with Gasteiger partial charge in [0.2, 0.25) is 5.91 Å². The number of amides is 2. The molecule has 0 bridgehead atoms. The second-order valence-corrected chi connectivity index (χ2v) is 5.28. The Hall–Kier alpha value is -2.71. The Balaban J connectivity index is 1.81. The Bertz CT molecular complexity index is 644. The monoisotopic (exact) mass is 336 g/mol. The first-order chi connectivity index (χ1) is 11.5. The highest BCUT2D eigenvalue weighted by Crippen LogP contribution is 2.08. The van der Waals surface area contributed by atoms with Crippen LogP contribution in [0.3, 0.4) is 0 Å². The average Bonchev–Trinajstić information content (AvgIpc) is 2.60. The molecule has 2 rings (SSSR count). The molecule has 0 aromatic carbocycles. The highest BCUT2D eigenvalue weighted by Gasteiger charge is 2.25. The van der Waals surface area contributed by atoms with Gasteiger partial charge < -0.3 is 14.5 Å². The molecule has 1 fully saturated rings. The number of nitrogens with zero attached hydrogens (tertiary/aromatic N) is 3. The van der Waals surface area contributed by atoms with Crippen LogP contribution in [0.1, 0.15) is 30.3 Å². The van der Waals surface area contributed by atoms with Crippen LogP contribution in [0.15, 0.2) is 16.9 Å². The fourth-order valence-corrected chi connectivity index (χ4v) is 2.38. The van der Waals surface area contributed by atoms with Crippen molar-refractivity contribution in [3.05, 3.63) is 28.2 Å². The molecule has 0 radical (unpaired) electrons. The van der Waals surface area contributed by atoms with Crippen molar-refractivity contribution < 1.29 is 19.1 Å². The Morgan fingerprint density at radius 1 is 1.12 bits per heavy atom. The molecule has 0 atom stereocenters. The largest absolute Gasteiger partial charge is 0.466 e. The van der Waals surface area contributed by atoms with Gasteiger partial charge in [-0.3, -0.25) is 19.2 Å². The first-order valence-corrected chi connectivity index (χ1v) is 7.79. The van der Waals surface area contributed by atoms with Crippen LogP contribution in [0, 0.1) is 0 Å². The highest BCUT2D eigenvalue weighted by molar-refractivity contribution is 5.92. The third-order valence-electron chi connectivity index (χ3n) is 3.67. The summed E-state index contributed by atoms with van der Waals surface area (Å²) < 4.78 is 4.79. The molecule has 24 heavy (non-hydrogen) atoms. The number of carbonyl (C=O) groups is 3. The normalized spacial score (nSPS) is 14.4. The number of hydrogen-bond acceptors (Lipinski definition) is 6. The summed E-state index contributed by atoms with van der Waals surface area (Å²) >= 11 is 0. The van der Waals surface area contributed by atoms with Gasteiger partial charge in [0.05, 0.1) is 13.0 Å². The molecule has 2 heterocycles. The summed E-state index contributed by atoms with van der Waals surface area (Å²) in [6.45, 7) is 3.57. The molecule has 9 heteroatoms. The van der Waals surface area contributed by atoms with E-state index < -0.39 is 0 Å². The number of ether oxygens (including phenoxy) is 1. The highest BCUT2D eigenvalue weighted by atomic mass is 16.5. The SMILES string of the molecule is CCOC(=O)CCC(=O)N1CCN(C(=O)c2ccc(=O)[nH]n2)CC1. The lowest BCUT2D eigenvalue weighted by molar-refractivity contribution is -0.146. The van der Waals surface area contributed by atoms with E-state index in [-0.39, 0.29) is 41.9 Å². The van der Waals surface area contributed by atoms with Crippen LogP contribution >= 0.6 is 0 Å². The number of rotatable bonds is 5. The summed E-state index contributed by atoms with van der Waals surface area (Å²) in [7, 11) is 0. The number of carbonyl (C=O) groups excluding carboxylic acids is 3. The first kappa shape index (κ1) is 17.6. The molecule has 0 saturated carbocycles. The Morgan fingerprint density at radius 2 is 1.79 bits per heavy atom. The van der Waals surface area contributed by atoms with Crippen molar-refractivity contribution in [3.63, 3.8) is 0 Å². The first-order valence-electron chi connectivity index (χ1n) is 7.79. The summed E-state index contributed by atoms with van der Waals surface area (Å²) in [5, 5.41) is 5.94. The Kier molecular flexibility index (Phi) is 6.05. The van der Waals surface area contributed by atoms with Gasteiger partial charge in [0.25, 0.3) is 11.5 Å². The lowest BCUT2D eigenvalue weighted by atomic mass is 10.2. The second kappa shape index (κ2) is 8.23. The zero-order valence-corrected chi connectivity index (χ0v) is 13.5. The predicted molar refractivity (Wildman–Crippen MR) is 83.2 cm³/mol. The molecular formula is C15H20N4O5. The van der Waals surface area contributed by atoms with E-state index in [0.717, 1.165) is 0 Å². The van der Waals surface area contributed by atoms with Gasteiger partial charge in [-0.15, -0.1) is 0 Å². The molecule has 1 aliphatic rings. The maximum absolute atomic E-state index is 12.3. The molecule has 1 N–H and O–H groups in total. The van der Waals surface area contributed by atoms with E-state index in [4.69, 9.17) is 4.74 Å². The molecule has 2 amide bonds. The molecule has 1 aromatic heterocycles. The molecule has 1 aliphatic heterocycles. The van der Waals surface area contributed by atoms with Gasteiger partial charge in [0.15, 0.2) is 0 Å². The standard InChI is InChI=1S/C15H20N4O5/c1-2-24-14(22)6-5-13(21)18-7-9-19(10-8-18)15(23)11-3-4-12(20)17-16-11/h3-4H,2,5-10H2,1H3,(H,17,20). The maximum atomic E-state index is 12.3. The summed E-state index contributed by atoms with van der Waals surface area (Å²) in [4.78, 5) is 49.8. The van der Waals surface area contributed by atoms with Crippen molar-refractivity contribution in [1.29, 1.82) is 0 Å². The minimum absolute atomic E-state index is 0.0626. The molecule has 1 aromatic rings. The Labute approximate surface area is 138 Å². The number of aromatic amines is 1. The molecule has 0 aliphatic carbocycles. The topological polar surface area (TPSA) is 113 Å². The molecule has 0 spiro atoms. The fourth-order valence-electron chi connectivity index (χ4n) is 2.38. The van der Waals surface area contributed by atoms with Gasteiger partial charge >= 0.3 is 5.97 Å². The number of hydrogen-bond donors (Lipinski definition) is 1. The van der Waals surface area contributed by atoms with Crippen LogP contribution < -0.4 is 5.56 Å². The Morgan fingerprint density at radius 3 is 2.38 bits per heavy atom. The van der Waals surface area contributed by atoms with Crippen LogP contribution in [-0.2, 0) is 14.3 Å². The van der Waals surface area contributed by atoms with E-state index in [1.807, 2.05) is 0 Å². The van der Waals surface area contributed by atoms with E-state index in [1.54, 1.807) is 16.7 Å². The van der Waals surface area contributed by atoms with Gasteiger partial charge in [0, 0.05) is 38.7 Å². The third kappa shape index (κ3) is 4.64. The number of piperazine rings is 1. The van der Waals surface area contributed by atoms with Crippen molar-refractivity contribution >= 4 is 17.8 Å². The molecule has 9 nitrogen and oxygen atoms in total. The van der Waals surface area contributed by atoms with E-state index >= 15 is 0 Å².